The minimum absolute atomic E-state index is 0.183. The van der Waals surface area contributed by atoms with Gasteiger partial charge in [0.05, 0.1) is 5.75 Å². The van der Waals surface area contributed by atoms with Gasteiger partial charge in [0.15, 0.2) is 9.84 Å². The van der Waals surface area contributed by atoms with Crippen LogP contribution in [0.3, 0.4) is 0 Å². The van der Waals surface area contributed by atoms with E-state index in [9.17, 15) is 8.42 Å². The summed E-state index contributed by atoms with van der Waals surface area (Å²) < 4.78 is 23.2. The lowest BCUT2D eigenvalue weighted by Gasteiger charge is -2.23. The van der Waals surface area contributed by atoms with Crippen molar-refractivity contribution in [1.29, 1.82) is 0 Å². The van der Waals surface area contributed by atoms with Crippen LogP contribution in [0.5, 0.6) is 0 Å². The van der Waals surface area contributed by atoms with Gasteiger partial charge in [-0.25, -0.2) is 8.42 Å². The Bertz CT molecular complexity index is 268. The van der Waals surface area contributed by atoms with Gasteiger partial charge in [-0.3, -0.25) is 0 Å². The lowest BCUT2D eigenvalue weighted by molar-refractivity contribution is 0.389. The average Bonchev–Trinajstić information content (AvgIpc) is 2.70. The molecule has 0 aromatic heterocycles. The van der Waals surface area contributed by atoms with Crippen LogP contribution in [-0.2, 0) is 9.84 Å². The topological polar surface area (TPSA) is 46.2 Å². The van der Waals surface area contributed by atoms with Gasteiger partial charge >= 0.3 is 0 Å². The first-order chi connectivity index (χ1) is 7.09. The van der Waals surface area contributed by atoms with Gasteiger partial charge in [0.2, 0.25) is 0 Å². The van der Waals surface area contributed by atoms with E-state index in [0.29, 0.717) is 11.7 Å². The Labute approximate surface area is 93.6 Å². The van der Waals surface area contributed by atoms with Crippen molar-refractivity contribution in [3.63, 3.8) is 0 Å². The van der Waals surface area contributed by atoms with Crippen molar-refractivity contribution in [3.8, 4) is 0 Å². The minimum Gasteiger partial charge on any atom is -0.313 e. The molecule has 3 nitrogen and oxygen atoms in total. The fraction of sp³-hybridized carbons (Fsp3) is 1.00. The monoisotopic (exact) mass is 233 g/mol. The Morgan fingerprint density at radius 2 is 1.87 bits per heavy atom. The van der Waals surface area contributed by atoms with Crippen molar-refractivity contribution in [1.82, 2.24) is 5.32 Å². The summed E-state index contributed by atoms with van der Waals surface area (Å²) in [5, 5.41) is 3.34. The van der Waals surface area contributed by atoms with Crippen LogP contribution in [0, 0.1) is 5.92 Å². The van der Waals surface area contributed by atoms with Crippen molar-refractivity contribution in [3.05, 3.63) is 0 Å². The largest absolute Gasteiger partial charge is 0.313 e. The summed E-state index contributed by atoms with van der Waals surface area (Å²) in [5.74, 6) is 1.16. The van der Waals surface area contributed by atoms with E-state index >= 15 is 0 Å². The molecule has 1 aliphatic carbocycles. The predicted molar refractivity (Wildman–Crippen MR) is 63.8 cm³/mol. The predicted octanol–water partition coefficient (Wildman–Crippen LogP) is 1.59. The van der Waals surface area contributed by atoms with Gasteiger partial charge in [-0.05, 0) is 25.3 Å². The van der Waals surface area contributed by atoms with Crippen molar-refractivity contribution < 1.29 is 8.42 Å². The molecule has 4 heteroatoms. The molecule has 0 spiro atoms. The molecule has 90 valence electrons. The first-order valence-electron chi connectivity index (χ1n) is 6.03. The molecule has 1 rings (SSSR count). The van der Waals surface area contributed by atoms with E-state index in [4.69, 9.17) is 0 Å². The third-order valence-electron chi connectivity index (χ3n) is 3.31. The molecule has 1 fully saturated rings. The third-order valence-corrected chi connectivity index (χ3v) is 5.06. The second-order valence-corrected chi connectivity index (χ2v) is 6.81. The summed E-state index contributed by atoms with van der Waals surface area (Å²) >= 11 is 0. The fourth-order valence-corrected chi connectivity index (χ4v) is 3.55. The molecule has 0 radical (unpaired) electrons. The molecule has 1 atom stereocenters. The average molecular weight is 233 g/mol. The van der Waals surface area contributed by atoms with E-state index in [-0.39, 0.29) is 11.8 Å². The quantitative estimate of drug-likeness (QED) is 0.758. The Balaban J connectivity index is 2.57. The first kappa shape index (κ1) is 13.0. The first-order valence-corrected chi connectivity index (χ1v) is 7.85. The maximum atomic E-state index is 11.6. The van der Waals surface area contributed by atoms with Gasteiger partial charge in [-0.1, -0.05) is 26.7 Å². The summed E-state index contributed by atoms with van der Waals surface area (Å²) in [4.78, 5) is 0. The van der Waals surface area contributed by atoms with Crippen molar-refractivity contribution in [2.75, 3.05) is 18.1 Å². The Morgan fingerprint density at radius 1 is 1.27 bits per heavy atom. The second kappa shape index (κ2) is 5.85. The van der Waals surface area contributed by atoms with Gasteiger partial charge in [0.1, 0.15) is 0 Å². The van der Waals surface area contributed by atoms with E-state index in [1.54, 1.807) is 6.92 Å². The van der Waals surface area contributed by atoms with Crippen LogP contribution in [-0.4, -0.2) is 32.5 Å². The maximum absolute atomic E-state index is 11.6. The molecule has 1 N–H and O–H groups in total. The van der Waals surface area contributed by atoms with Crippen LogP contribution < -0.4 is 5.32 Å². The van der Waals surface area contributed by atoms with Gasteiger partial charge in [0, 0.05) is 11.8 Å². The SMILES string of the molecule is CCNC(CS(=O)(=O)CC)C1CCCC1. The molecular weight excluding hydrogens is 210 g/mol. The molecule has 0 amide bonds. The molecule has 0 bridgehead atoms. The summed E-state index contributed by atoms with van der Waals surface area (Å²) in [6, 6.07) is 0.183. The van der Waals surface area contributed by atoms with E-state index in [2.05, 4.69) is 5.32 Å². The fourth-order valence-electron chi connectivity index (χ4n) is 2.38. The maximum Gasteiger partial charge on any atom is 0.151 e. The zero-order valence-electron chi connectivity index (χ0n) is 9.83. The molecule has 0 heterocycles. The van der Waals surface area contributed by atoms with Crippen molar-refractivity contribution in [2.45, 2.75) is 45.6 Å². The van der Waals surface area contributed by atoms with E-state index in [0.717, 1.165) is 6.54 Å². The normalized spacial score (nSPS) is 20.7. The van der Waals surface area contributed by atoms with Gasteiger partial charge < -0.3 is 5.32 Å². The smallest absolute Gasteiger partial charge is 0.151 e. The second-order valence-electron chi connectivity index (χ2n) is 4.41. The number of hydrogen-bond acceptors (Lipinski definition) is 3. The van der Waals surface area contributed by atoms with Gasteiger partial charge in [-0.15, -0.1) is 0 Å². The zero-order valence-corrected chi connectivity index (χ0v) is 10.6. The number of nitrogens with one attached hydrogen (secondary N) is 1. The van der Waals surface area contributed by atoms with E-state index in [1.807, 2.05) is 6.92 Å². The summed E-state index contributed by atoms with van der Waals surface area (Å²) in [6.45, 7) is 4.63. The third kappa shape index (κ3) is 4.11. The molecular formula is C11H23NO2S. The molecule has 15 heavy (non-hydrogen) atoms. The highest BCUT2D eigenvalue weighted by Gasteiger charge is 2.27. The molecule has 1 saturated carbocycles. The molecule has 1 aliphatic rings. The number of sulfone groups is 1. The van der Waals surface area contributed by atoms with Crippen LogP contribution >= 0.6 is 0 Å². The Morgan fingerprint density at radius 3 is 2.33 bits per heavy atom. The lowest BCUT2D eigenvalue weighted by Crippen LogP contribution is -2.41. The molecule has 1 unspecified atom stereocenters. The van der Waals surface area contributed by atoms with Crippen molar-refractivity contribution >= 4 is 9.84 Å². The van der Waals surface area contributed by atoms with Gasteiger partial charge in [0.25, 0.3) is 0 Å². The molecule has 0 aliphatic heterocycles. The van der Waals surface area contributed by atoms with E-state index < -0.39 is 9.84 Å². The van der Waals surface area contributed by atoms with Crippen LogP contribution in [0.15, 0.2) is 0 Å². The Kier molecular flexibility index (Phi) is 5.06. The summed E-state index contributed by atoms with van der Waals surface area (Å²) in [6.07, 6.45) is 4.91. The summed E-state index contributed by atoms with van der Waals surface area (Å²) in [5.41, 5.74) is 0. The van der Waals surface area contributed by atoms with E-state index in [1.165, 1.54) is 25.7 Å². The minimum atomic E-state index is -2.84. The van der Waals surface area contributed by atoms with Crippen molar-refractivity contribution in [2.24, 2.45) is 5.92 Å². The zero-order chi connectivity index (χ0) is 11.3. The lowest BCUT2D eigenvalue weighted by atomic mass is 10.00. The number of rotatable bonds is 6. The highest BCUT2D eigenvalue weighted by atomic mass is 32.2. The van der Waals surface area contributed by atoms with Crippen LogP contribution in [0.4, 0.5) is 0 Å². The van der Waals surface area contributed by atoms with Gasteiger partial charge in [-0.2, -0.15) is 0 Å². The highest BCUT2D eigenvalue weighted by Crippen LogP contribution is 2.28. The van der Waals surface area contributed by atoms with Crippen LogP contribution in [0.25, 0.3) is 0 Å². The van der Waals surface area contributed by atoms with Crippen LogP contribution in [0.1, 0.15) is 39.5 Å². The van der Waals surface area contributed by atoms with Crippen LogP contribution in [0.2, 0.25) is 0 Å². The molecule has 0 aromatic rings. The Hall–Kier alpha value is -0.0900. The molecule has 0 saturated heterocycles. The molecule has 0 aromatic carbocycles. The standard InChI is InChI=1S/C11H23NO2S/c1-3-12-11(9-15(13,14)4-2)10-7-5-6-8-10/h10-12H,3-9H2,1-2H3. The summed E-state index contributed by atoms with van der Waals surface area (Å²) in [7, 11) is -2.84. The highest BCUT2D eigenvalue weighted by molar-refractivity contribution is 7.91. The number of hydrogen-bond donors (Lipinski definition) is 1.